The molecule has 0 bridgehead atoms. The van der Waals surface area contributed by atoms with E-state index in [2.05, 4.69) is 257 Å². The molecule has 0 amide bonds. The summed E-state index contributed by atoms with van der Waals surface area (Å²) in [6.07, 6.45) is 0. The van der Waals surface area contributed by atoms with Crippen molar-refractivity contribution in [2.75, 3.05) is 9.80 Å². The summed E-state index contributed by atoms with van der Waals surface area (Å²) >= 11 is 0. The largest absolute Gasteiger partial charge is 0.311 e. The predicted octanol–water partition coefficient (Wildman–Crippen LogP) is 13.9. The van der Waals surface area contributed by atoms with E-state index in [0.717, 1.165) is 17.1 Å². The van der Waals surface area contributed by atoms with Crippen LogP contribution in [-0.2, 0) is 0 Å². The highest BCUT2D eigenvalue weighted by atomic mass is 15.2. The molecule has 1 aromatic heterocycles. The normalized spacial score (nSPS) is 12.6. The van der Waals surface area contributed by atoms with Gasteiger partial charge in [0.1, 0.15) is 0 Å². The van der Waals surface area contributed by atoms with Crippen LogP contribution in [0, 0.1) is 0 Å². The fraction of sp³-hybridized carbons (Fsp3) is 0. The van der Waals surface area contributed by atoms with Crippen LogP contribution in [0.1, 0.15) is 0 Å². The Bertz CT molecular complexity index is 3550. The Morgan fingerprint density at radius 1 is 0.297 bits per heavy atom. The molecule has 0 N–H and O–H groups in total. The van der Waals surface area contributed by atoms with Crippen molar-refractivity contribution in [1.29, 1.82) is 0 Å². The zero-order valence-corrected chi connectivity index (χ0v) is 35.0. The maximum absolute atomic E-state index is 2.57. The van der Waals surface area contributed by atoms with Crippen LogP contribution in [0.2, 0.25) is 0 Å². The van der Waals surface area contributed by atoms with E-state index in [-0.39, 0.29) is 6.71 Å². The minimum absolute atomic E-state index is 0.0449. The lowest BCUT2D eigenvalue weighted by Gasteiger charge is -2.44. The summed E-state index contributed by atoms with van der Waals surface area (Å²) < 4.78 is 2.44. The highest BCUT2D eigenvalue weighted by Crippen LogP contribution is 2.49. The van der Waals surface area contributed by atoms with Gasteiger partial charge in [-0.2, -0.15) is 0 Å². The number of anilines is 6. The van der Waals surface area contributed by atoms with Gasteiger partial charge < -0.3 is 14.4 Å². The van der Waals surface area contributed by atoms with Crippen LogP contribution in [0.3, 0.4) is 0 Å². The molecular formula is C60H40BN3. The molecule has 0 saturated heterocycles. The Labute approximate surface area is 373 Å². The topological polar surface area (TPSA) is 11.4 Å². The Morgan fingerprint density at radius 3 is 1.53 bits per heavy atom. The summed E-state index contributed by atoms with van der Waals surface area (Å²) in [4.78, 5) is 5.07. The number of hydrogen-bond acceptors (Lipinski definition) is 2. The minimum Gasteiger partial charge on any atom is -0.311 e. The van der Waals surface area contributed by atoms with E-state index in [1.165, 1.54) is 94.3 Å². The Balaban J connectivity index is 1.12. The van der Waals surface area contributed by atoms with Crippen molar-refractivity contribution in [3.8, 4) is 39.1 Å². The number of hydrogen-bond donors (Lipinski definition) is 0. The van der Waals surface area contributed by atoms with Crippen LogP contribution in [0.5, 0.6) is 0 Å². The molecule has 64 heavy (non-hydrogen) atoms. The monoisotopic (exact) mass is 813 g/mol. The van der Waals surface area contributed by atoms with Gasteiger partial charge in [-0.25, -0.2) is 0 Å². The number of fused-ring (bicyclic) bond motifs is 8. The van der Waals surface area contributed by atoms with Crippen LogP contribution >= 0.6 is 0 Å². The van der Waals surface area contributed by atoms with Crippen molar-refractivity contribution >= 4 is 79.0 Å². The van der Waals surface area contributed by atoms with Crippen molar-refractivity contribution in [3.63, 3.8) is 0 Å². The van der Waals surface area contributed by atoms with E-state index in [1.807, 2.05) is 0 Å². The molecule has 0 unspecified atom stereocenters. The molecule has 11 aromatic rings. The second-order valence-corrected chi connectivity index (χ2v) is 16.9. The average molecular weight is 814 g/mol. The van der Waals surface area contributed by atoms with E-state index >= 15 is 0 Å². The van der Waals surface area contributed by atoms with Gasteiger partial charge in [0.25, 0.3) is 6.71 Å². The molecule has 0 spiro atoms. The summed E-state index contributed by atoms with van der Waals surface area (Å²) in [5.41, 5.74) is 21.7. The predicted molar refractivity (Wildman–Crippen MR) is 271 cm³/mol. The van der Waals surface area contributed by atoms with Crippen molar-refractivity contribution in [2.45, 2.75) is 0 Å². The Morgan fingerprint density at radius 2 is 0.828 bits per heavy atom. The average Bonchev–Trinajstić information content (AvgIpc) is 3.72. The zero-order valence-electron chi connectivity index (χ0n) is 35.0. The van der Waals surface area contributed by atoms with Gasteiger partial charge in [-0.1, -0.05) is 176 Å². The van der Waals surface area contributed by atoms with Gasteiger partial charge in [0.15, 0.2) is 0 Å². The van der Waals surface area contributed by atoms with Crippen LogP contribution in [0.25, 0.3) is 60.9 Å². The SMILES string of the molecule is c1ccc(-c2ccc(N3c4ccc(-c5ccccc5)cc4B4c5ccc6c(c5N(c5cccc(-c7ccccc7)c5)c5cccc3c54)c3ccccc3n6-c3ccccc3)cc2)cc1. The van der Waals surface area contributed by atoms with E-state index < -0.39 is 0 Å². The van der Waals surface area contributed by atoms with Crippen LogP contribution in [-0.4, -0.2) is 11.3 Å². The molecule has 0 radical (unpaired) electrons. The first-order chi connectivity index (χ1) is 31.8. The molecule has 10 aromatic carbocycles. The molecule has 13 rings (SSSR count). The number of aromatic nitrogens is 1. The number of benzene rings is 10. The van der Waals surface area contributed by atoms with Gasteiger partial charge >= 0.3 is 0 Å². The van der Waals surface area contributed by atoms with Gasteiger partial charge in [-0.05, 0) is 116 Å². The molecular weight excluding hydrogens is 773 g/mol. The second-order valence-electron chi connectivity index (χ2n) is 16.9. The number of nitrogens with zero attached hydrogens (tertiary/aromatic N) is 3. The summed E-state index contributed by atoms with van der Waals surface area (Å²) in [5, 5.41) is 2.48. The second kappa shape index (κ2) is 14.6. The third-order valence-electron chi connectivity index (χ3n) is 13.4. The maximum Gasteiger partial charge on any atom is 0.252 e. The van der Waals surface area contributed by atoms with Gasteiger partial charge in [-0.15, -0.1) is 0 Å². The fourth-order valence-electron chi connectivity index (χ4n) is 10.6. The lowest BCUT2D eigenvalue weighted by atomic mass is 9.33. The molecule has 0 aliphatic carbocycles. The molecule has 298 valence electrons. The van der Waals surface area contributed by atoms with Crippen molar-refractivity contribution in [2.24, 2.45) is 0 Å². The van der Waals surface area contributed by atoms with Crippen molar-refractivity contribution in [3.05, 3.63) is 243 Å². The first-order valence-corrected chi connectivity index (χ1v) is 22.1. The van der Waals surface area contributed by atoms with Gasteiger partial charge in [0, 0.05) is 44.9 Å². The summed E-state index contributed by atoms with van der Waals surface area (Å²) in [5.74, 6) is 0. The first kappa shape index (κ1) is 36.3. The van der Waals surface area contributed by atoms with E-state index in [0.29, 0.717) is 0 Å². The van der Waals surface area contributed by atoms with E-state index in [1.54, 1.807) is 0 Å². The van der Waals surface area contributed by atoms with E-state index in [4.69, 9.17) is 0 Å². The summed E-state index contributed by atoms with van der Waals surface area (Å²) in [6, 6.07) is 89.1. The van der Waals surface area contributed by atoms with Crippen molar-refractivity contribution < 1.29 is 0 Å². The number of para-hydroxylation sites is 2. The van der Waals surface area contributed by atoms with Crippen LogP contribution < -0.4 is 26.2 Å². The zero-order chi connectivity index (χ0) is 42.1. The Hall–Kier alpha value is -8.34. The molecule has 0 fully saturated rings. The van der Waals surface area contributed by atoms with E-state index in [9.17, 15) is 0 Å². The fourth-order valence-corrected chi connectivity index (χ4v) is 10.6. The smallest absolute Gasteiger partial charge is 0.252 e. The van der Waals surface area contributed by atoms with Gasteiger partial charge in [0.2, 0.25) is 0 Å². The lowest BCUT2D eigenvalue weighted by molar-refractivity contribution is 1.18. The Kier molecular flexibility index (Phi) is 8.32. The quantitative estimate of drug-likeness (QED) is 0.155. The molecule has 0 atom stereocenters. The lowest BCUT2D eigenvalue weighted by Crippen LogP contribution is -2.61. The third-order valence-corrected chi connectivity index (χ3v) is 13.4. The first-order valence-electron chi connectivity index (χ1n) is 22.1. The van der Waals surface area contributed by atoms with Gasteiger partial charge in [0.05, 0.1) is 16.7 Å². The molecule has 2 aliphatic heterocycles. The highest BCUT2D eigenvalue weighted by Gasteiger charge is 2.44. The molecule has 3 nitrogen and oxygen atoms in total. The minimum atomic E-state index is -0.0449. The standard InChI is InChI=1S/C60H40BN3/c1-5-17-41(18-6-1)44-31-34-48(35-32-44)63-54-37-33-46(43-21-9-3-10-22-43)40-52(54)61-51-36-38-55-58(50-27-13-14-28-53(50)62(55)47-24-11-4-12-25-47)60(51)64(57-30-16-29-56(63)59(57)61)49-26-15-23-45(39-49)42-19-7-2-8-20-42/h1-40H. The molecule has 0 saturated carbocycles. The summed E-state index contributed by atoms with van der Waals surface area (Å²) in [7, 11) is 0. The molecule has 2 aliphatic rings. The third kappa shape index (κ3) is 5.63. The maximum atomic E-state index is 2.57. The molecule has 4 heteroatoms. The molecule has 3 heterocycles. The van der Waals surface area contributed by atoms with Crippen LogP contribution in [0.15, 0.2) is 243 Å². The highest BCUT2D eigenvalue weighted by molar-refractivity contribution is 7.00. The summed E-state index contributed by atoms with van der Waals surface area (Å²) in [6.45, 7) is -0.0449. The van der Waals surface area contributed by atoms with Gasteiger partial charge in [-0.3, -0.25) is 0 Å². The van der Waals surface area contributed by atoms with Crippen molar-refractivity contribution in [1.82, 2.24) is 4.57 Å². The number of rotatable bonds is 6. The van der Waals surface area contributed by atoms with Crippen LogP contribution in [0.4, 0.5) is 34.1 Å².